The van der Waals surface area contributed by atoms with Gasteiger partial charge in [0.1, 0.15) is 18.1 Å². The Hall–Kier alpha value is -1.80. The van der Waals surface area contributed by atoms with Crippen molar-refractivity contribution in [2.24, 2.45) is 0 Å². The number of allylic oxidation sites excluding steroid dienone is 1. The molecule has 0 aliphatic carbocycles. The summed E-state index contributed by atoms with van der Waals surface area (Å²) < 4.78 is 5.68. The molecule has 1 heterocycles. The zero-order chi connectivity index (χ0) is 14.4. The maximum atomic E-state index is 10.9. The van der Waals surface area contributed by atoms with E-state index in [1.165, 1.54) is 5.54 Å². The highest BCUT2D eigenvalue weighted by atomic mass is 35.5. The van der Waals surface area contributed by atoms with E-state index in [0.29, 0.717) is 13.0 Å². The molecule has 0 fully saturated rings. The summed E-state index contributed by atoms with van der Waals surface area (Å²) in [5, 5.41) is 0. The Morgan fingerprint density at radius 2 is 2.25 bits per heavy atom. The van der Waals surface area contributed by atoms with E-state index in [-0.39, 0.29) is 5.78 Å². The van der Waals surface area contributed by atoms with Crippen molar-refractivity contribution in [1.29, 1.82) is 0 Å². The summed E-state index contributed by atoms with van der Waals surface area (Å²) in [7, 11) is 0. The fourth-order valence-corrected chi connectivity index (χ4v) is 2.05. The summed E-state index contributed by atoms with van der Waals surface area (Å²) in [6, 6.07) is 6.03. The van der Waals surface area contributed by atoms with Gasteiger partial charge >= 0.3 is 0 Å². The summed E-state index contributed by atoms with van der Waals surface area (Å²) in [6.45, 7) is 2.10. The Kier molecular flexibility index (Phi) is 5.19. The van der Waals surface area contributed by atoms with Crippen LogP contribution in [-0.4, -0.2) is 12.4 Å². The molecule has 3 heteroatoms. The summed E-state index contributed by atoms with van der Waals surface area (Å²) in [4.78, 5) is 10.9. The molecule has 1 aliphatic rings. The second kappa shape index (κ2) is 7.11. The highest BCUT2D eigenvalue weighted by Gasteiger charge is 2.07. The second-order valence-corrected chi connectivity index (χ2v) is 4.96. The molecule has 0 amide bonds. The molecule has 0 aromatic heterocycles. The standard InChI is InChI=1S/C17H17ClO2/c1-13(19)4-2-3-5-14-7-9-17-16(10-14)8-6-15(11-18)12-20-17/h3,5-11H,2,4,12H2,1H3/b5-3+,15-11+. The summed E-state index contributed by atoms with van der Waals surface area (Å²) in [6.07, 6.45) is 9.38. The smallest absolute Gasteiger partial charge is 0.130 e. The van der Waals surface area contributed by atoms with Crippen LogP contribution < -0.4 is 4.74 Å². The minimum absolute atomic E-state index is 0.216. The van der Waals surface area contributed by atoms with Gasteiger partial charge in [-0.3, -0.25) is 0 Å². The number of carbonyl (C=O) groups is 1. The van der Waals surface area contributed by atoms with E-state index in [2.05, 4.69) is 6.07 Å². The Morgan fingerprint density at radius 1 is 1.40 bits per heavy atom. The van der Waals surface area contributed by atoms with Crippen molar-refractivity contribution in [3.63, 3.8) is 0 Å². The van der Waals surface area contributed by atoms with Crippen LogP contribution in [-0.2, 0) is 4.79 Å². The highest BCUT2D eigenvalue weighted by molar-refractivity contribution is 6.25. The summed E-state index contributed by atoms with van der Waals surface area (Å²) >= 11 is 5.71. The number of halogens is 1. The minimum atomic E-state index is 0.216. The van der Waals surface area contributed by atoms with Crippen molar-refractivity contribution in [3.05, 3.63) is 52.6 Å². The zero-order valence-electron chi connectivity index (χ0n) is 11.4. The molecule has 0 radical (unpaired) electrons. The second-order valence-electron chi connectivity index (χ2n) is 4.75. The minimum Gasteiger partial charge on any atom is -0.488 e. The van der Waals surface area contributed by atoms with Crippen molar-refractivity contribution in [2.45, 2.75) is 19.8 Å². The normalized spacial score (nSPS) is 16.0. The van der Waals surface area contributed by atoms with Crippen LogP contribution >= 0.6 is 11.6 Å². The molecule has 1 aromatic carbocycles. The van der Waals surface area contributed by atoms with E-state index in [4.69, 9.17) is 16.3 Å². The number of hydrogen-bond acceptors (Lipinski definition) is 2. The molecule has 2 nitrogen and oxygen atoms in total. The summed E-state index contributed by atoms with van der Waals surface area (Å²) in [5.74, 6) is 1.07. The number of ketones is 1. The van der Waals surface area contributed by atoms with Crippen molar-refractivity contribution >= 4 is 29.5 Å². The maximum Gasteiger partial charge on any atom is 0.130 e. The van der Waals surface area contributed by atoms with Crippen LogP contribution in [0.4, 0.5) is 0 Å². The van der Waals surface area contributed by atoms with Crippen LogP contribution in [0.2, 0.25) is 0 Å². The first-order valence-corrected chi connectivity index (χ1v) is 7.03. The maximum absolute atomic E-state index is 10.9. The Balaban J connectivity index is 2.11. The van der Waals surface area contributed by atoms with E-state index < -0.39 is 0 Å². The summed E-state index contributed by atoms with van der Waals surface area (Å²) in [5.41, 5.74) is 4.61. The third-order valence-corrected chi connectivity index (χ3v) is 3.30. The van der Waals surface area contributed by atoms with Gasteiger partial charge in [0, 0.05) is 23.1 Å². The van der Waals surface area contributed by atoms with E-state index in [9.17, 15) is 4.79 Å². The SMILES string of the molecule is CC(=O)CC/C=C/c1ccc2c(c1)C=C/C(=C\Cl)CO2. The van der Waals surface area contributed by atoms with Gasteiger partial charge in [0.25, 0.3) is 0 Å². The van der Waals surface area contributed by atoms with Crippen LogP contribution in [0.1, 0.15) is 30.9 Å². The number of Topliss-reactive ketones (excluding diaryl/α,β-unsaturated/α-hetero) is 1. The van der Waals surface area contributed by atoms with Crippen molar-refractivity contribution in [1.82, 2.24) is 0 Å². The molecular formula is C17H17ClO2. The predicted molar refractivity (Wildman–Crippen MR) is 83.9 cm³/mol. The Bertz CT molecular complexity index is 583. The first-order valence-electron chi connectivity index (χ1n) is 6.59. The van der Waals surface area contributed by atoms with Gasteiger partial charge < -0.3 is 9.53 Å². The molecule has 0 unspecified atom stereocenters. The molecule has 104 valence electrons. The van der Waals surface area contributed by atoms with Crippen molar-refractivity contribution in [2.75, 3.05) is 6.61 Å². The molecule has 0 saturated carbocycles. The molecule has 0 bridgehead atoms. The largest absolute Gasteiger partial charge is 0.488 e. The monoisotopic (exact) mass is 288 g/mol. The van der Waals surface area contributed by atoms with Gasteiger partial charge in [0.15, 0.2) is 0 Å². The third-order valence-electron chi connectivity index (χ3n) is 3.02. The quantitative estimate of drug-likeness (QED) is 0.809. The van der Waals surface area contributed by atoms with E-state index >= 15 is 0 Å². The lowest BCUT2D eigenvalue weighted by Gasteiger charge is -2.07. The number of ether oxygens (including phenoxy) is 1. The molecule has 1 aromatic rings. The molecule has 0 atom stereocenters. The lowest BCUT2D eigenvalue weighted by Crippen LogP contribution is -1.97. The molecule has 20 heavy (non-hydrogen) atoms. The van der Waals surface area contributed by atoms with Crippen LogP contribution in [0.3, 0.4) is 0 Å². The number of rotatable bonds is 4. The molecule has 1 aliphatic heterocycles. The molecule has 0 N–H and O–H groups in total. The fraction of sp³-hybridized carbons (Fsp3) is 0.235. The topological polar surface area (TPSA) is 26.3 Å². The Morgan fingerprint density at radius 3 is 3.00 bits per heavy atom. The van der Waals surface area contributed by atoms with Gasteiger partial charge in [-0.2, -0.15) is 0 Å². The van der Waals surface area contributed by atoms with Gasteiger partial charge in [0.2, 0.25) is 0 Å². The highest BCUT2D eigenvalue weighted by Crippen LogP contribution is 2.26. The van der Waals surface area contributed by atoms with Crippen LogP contribution in [0.5, 0.6) is 5.75 Å². The number of hydrogen-bond donors (Lipinski definition) is 0. The van der Waals surface area contributed by atoms with E-state index in [1.54, 1.807) is 6.92 Å². The third kappa shape index (κ3) is 4.10. The molecular weight excluding hydrogens is 272 g/mol. The molecule has 2 rings (SSSR count). The number of fused-ring (bicyclic) bond motifs is 1. The number of benzene rings is 1. The van der Waals surface area contributed by atoms with E-state index in [0.717, 1.165) is 28.9 Å². The van der Waals surface area contributed by atoms with Crippen molar-refractivity contribution < 1.29 is 9.53 Å². The van der Waals surface area contributed by atoms with Gasteiger partial charge in [-0.05, 0) is 31.0 Å². The number of carbonyl (C=O) groups excluding carboxylic acids is 1. The molecule has 0 spiro atoms. The van der Waals surface area contributed by atoms with Gasteiger partial charge in [-0.1, -0.05) is 42.0 Å². The van der Waals surface area contributed by atoms with Crippen LogP contribution in [0.25, 0.3) is 12.2 Å². The van der Waals surface area contributed by atoms with Crippen LogP contribution in [0.15, 0.2) is 41.5 Å². The van der Waals surface area contributed by atoms with Crippen LogP contribution in [0, 0.1) is 0 Å². The van der Waals surface area contributed by atoms with E-state index in [1.807, 2.05) is 36.4 Å². The molecule has 0 saturated heterocycles. The lowest BCUT2D eigenvalue weighted by molar-refractivity contribution is -0.116. The van der Waals surface area contributed by atoms with Crippen molar-refractivity contribution in [3.8, 4) is 5.75 Å². The Labute approximate surface area is 124 Å². The zero-order valence-corrected chi connectivity index (χ0v) is 12.2. The first kappa shape index (κ1) is 14.6. The average Bonchev–Trinajstić information content (AvgIpc) is 2.65. The predicted octanol–water partition coefficient (Wildman–Crippen LogP) is 4.60. The first-order chi connectivity index (χ1) is 9.69. The van der Waals surface area contributed by atoms with Gasteiger partial charge in [-0.15, -0.1) is 0 Å². The van der Waals surface area contributed by atoms with Gasteiger partial charge in [-0.25, -0.2) is 0 Å². The lowest BCUT2D eigenvalue weighted by atomic mass is 10.1. The average molecular weight is 289 g/mol. The fourth-order valence-electron chi connectivity index (χ4n) is 1.91. The van der Waals surface area contributed by atoms with Gasteiger partial charge in [0.05, 0.1) is 0 Å².